The van der Waals surface area contributed by atoms with E-state index in [4.69, 9.17) is 20.1 Å². The van der Waals surface area contributed by atoms with Crippen molar-refractivity contribution in [1.82, 2.24) is 34.8 Å². The summed E-state index contributed by atoms with van der Waals surface area (Å²) in [6.07, 6.45) is 5.82. The van der Waals surface area contributed by atoms with E-state index >= 15 is 0 Å². The molecule has 0 spiro atoms. The van der Waals surface area contributed by atoms with Crippen molar-refractivity contribution >= 4 is 10.9 Å². The maximum Gasteiger partial charge on any atom is 0.261 e. The van der Waals surface area contributed by atoms with Crippen LogP contribution in [0.25, 0.3) is 33.4 Å². The molecule has 9 nitrogen and oxygen atoms in total. The third-order valence-corrected chi connectivity index (χ3v) is 13.5. The Hall–Kier alpha value is -6.55. The second kappa shape index (κ2) is 16.3. The molecule has 0 N–H and O–H groups in total. The minimum atomic E-state index is -0.882. The van der Waals surface area contributed by atoms with Crippen LogP contribution in [0.5, 0.6) is 0 Å². The summed E-state index contributed by atoms with van der Waals surface area (Å²) in [5, 5.41) is 16.8. The van der Waals surface area contributed by atoms with Gasteiger partial charge in [-0.05, 0) is 102 Å². The molecule has 0 amide bonds. The molecule has 9 heteroatoms. The quantitative estimate of drug-likeness (QED) is 0.113. The summed E-state index contributed by atoms with van der Waals surface area (Å²) < 4.78 is 3.86. The molecule has 8 aromatic rings. The Labute approximate surface area is 369 Å². The average Bonchev–Trinajstić information content (AvgIpc) is 4.03. The molecule has 0 saturated carbocycles. The normalized spacial score (nSPS) is 18.5. The summed E-state index contributed by atoms with van der Waals surface area (Å²) >= 11 is 0. The zero-order valence-corrected chi connectivity index (χ0v) is 36.5. The first-order chi connectivity index (χ1) is 30.7. The van der Waals surface area contributed by atoms with Gasteiger partial charge in [-0.25, -0.2) is 9.67 Å². The number of tetrazole rings is 1. The van der Waals surface area contributed by atoms with Crippen molar-refractivity contribution in [2.45, 2.75) is 95.5 Å². The number of hydrogen-bond acceptors (Lipinski definition) is 7. The van der Waals surface area contributed by atoms with Crippen molar-refractivity contribution in [3.8, 4) is 22.5 Å². The first kappa shape index (κ1) is 40.5. The van der Waals surface area contributed by atoms with Crippen LogP contribution in [-0.2, 0) is 28.9 Å². The van der Waals surface area contributed by atoms with Gasteiger partial charge in [0.05, 0.1) is 17.4 Å². The summed E-state index contributed by atoms with van der Waals surface area (Å²) in [6, 6.07) is 54.7. The Bertz CT molecular complexity index is 2850. The van der Waals surface area contributed by atoms with Gasteiger partial charge in [0, 0.05) is 30.0 Å². The van der Waals surface area contributed by atoms with Crippen molar-refractivity contribution in [3.63, 3.8) is 0 Å². The van der Waals surface area contributed by atoms with Crippen LogP contribution in [-0.4, -0.2) is 46.4 Å². The molecule has 2 unspecified atom stereocenters. The molecule has 2 atom stereocenters. The van der Waals surface area contributed by atoms with Crippen LogP contribution in [0.3, 0.4) is 0 Å². The molecule has 63 heavy (non-hydrogen) atoms. The molecular weight excluding hydrogens is 779 g/mol. The second-order valence-corrected chi connectivity index (χ2v) is 18.1. The molecule has 4 heterocycles. The lowest BCUT2D eigenvalue weighted by Crippen LogP contribution is -2.39. The highest BCUT2D eigenvalue weighted by molar-refractivity contribution is 5.81. The molecule has 0 radical (unpaired) electrons. The number of hydroxylamine groups is 2. The molecule has 6 aromatic carbocycles. The third kappa shape index (κ3) is 7.09. The molecular formula is C54H53N7O2. The van der Waals surface area contributed by atoms with Crippen molar-refractivity contribution in [2.24, 2.45) is 0 Å². The number of unbranched alkanes of at least 4 members (excludes halogenated alkanes) is 1. The molecule has 0 bridgehead atoms. The van der Waals surface area contributed by atoms with E-state index < -0.39 is 11.1 Å². The third-order valence-electron chi connectivity index (χ3n) is 13.5. The van der Waals surface area contributed by atoms with E-state index in [1.165, 1.54) is 0 Å². The van der Waals surface area contributed by atoms with E-state index in [0.29, 0.717) is 23.8 Å². The van der Waals surface area contributed by atoms with Crippen LogP contribution in [0.1, 0.15) is 93.4 Å². The van der Waals surface area contributed by atoms with E-state index in [2.05, 4.69) is 159 Å². The first-order valence-electron chi connectivity index (χ1n) is 22.4. The minimum Gasteiger partial charge on any atom is -0.292 e. The van der Waals surface area contributed by atoms with E-state index in [0.717, 1.165) is 94.4 Å². The predicted molar refractivity (Wildman–Crippen MR) is 249 cm³/mol. The van der Waals surface area contributed by atoms with Crippen LogP contribution in [0.15, 0.2) is 163 Å². The smallest absolute Gasteiger partial charge is 0.261 e. The fourth-order valence-corrected chi connectivity index (χ4v) is 10.2. The monoisotopic (exact) mass is 831 g/mol. The molecule has 10 rings (SSSR count). The van der Waals surface area contributed by atoms with Crippen LogP contribution >= 0.6 is 0 Å². The SMILES string of the molecule is CCCCc1nc2ccc(C3(C)CC4CCC(C)(C)N4O3)cc2c(=O)n1Cc1ccc(-c2ccccc2-c2nnnn2C(c2ccccc2)(c2ccccc2)c2ccccc2)cc1. The summed E-state index contributed by atoms with van der Waals surface area (Å²) in [4.78, 5) is 26.5. The Balaban J connectivity index is 1.02. The Morgan fingerprint density at radius 1 is 0.746 bits per heavy atom. The van der Waals surface area contributed by atoms with Crippen molar-refractivity contribution in [3.05, 3.63) is 202 Å². The van der Waals surface area contributed by atoms with Crippen LogP contribution in [0.4, 0.5) is 0 Å². The molecule has 0 aliphatic carbocycles. The fourth-order valence-electron chi connectivity index (χ4n) is 10.2. The second-order valence-electron chi connectivity index (χ2n) is 18.1. The van der Waals surface area contributed by atoms with Gasteiger partial charge in [-0.1, -0.05) is 159 Å². The van der Waals surface area contributed by atoms with Gasteiger partial charge in [-0.2, -0.15) is 5.06 Å². The molecule has 2 fully saturated rings. The standard InChI is InChI=1S/C54H53N7O2/c1-5-6-26-49-55-48-32-31-43(53(4)36-44-33-34-52(2,3)61(44)63-53)35-47(48)51(62)59(49)37-38-27-29-39(30-28-38)45-24-16-17-25-46(45)50-56-57-58-60(50)54(40-18-10-7-11-19-40,41-20-12-8-13-21-41)42-22-14-9-15-23-42/h7-25,27-32,35,44H,5-6,26,33-34,36-37H2,1-4H3. The highest BCUT2D eigenvalue weighted by atomic mass is 16.7. The largest absolute Gasteiger partial charge is 0.292 e. The summed E-state index contributed by atoms with van der Waals surface area (Å²) in [5.74, 6) is 1.45. The van der Waals surface area contributed by atoms with Crippen molar-refractivity contribution in [2.75, 3.05) is 0 Å². The number of rotatable bonds is 12. The predicted octanol–water partition coefficient (Wildman–Crippen LogP) is 10.7. The number of aromatic nitrogens is 6. The van der Waals surface area contributed by atoms with Crippen molar-refractivity contribution in [1.29, 1.82) is 0 Å². The first-order valence-corrected chi connectivity index (χ1v) is 22.4. The zero-order chi connectivity index (χ0) is 43.2. The van der Waals surface area contributed by atoms with Gasteiger partial charge in [0.2, 0.25) is 0 Å². The van der Waals surface area contributed by atoms with Gasteiger partial charge < -0.3 is 0 Å². The summed E-state index contributed by atoms with van der Waals surface area (Å²) in [5.41, 5.74) is 7.39. The van der Waals surface area contributed by atoms with Crippen LogP contribution in [0, 0.1) is 0 Å². The number of nitrogens with zero attached hydrogens (tertiary/aromatic N) is 7. The number of benzene rings is 6. The van der Waals surface area contributed by atoms with E-state index in [9.17, 15) is 4.79 Å². The number of hydrogen-bond donors (Lipinski definition) is 0. The highest BCUT2D eigenvalue weighted by Crippen LogP contribution is 2.49. The molecule has 2 aliphatic rings. The lowest BCUT2D eigenvalue weighted by molar-refractivity contribution is -0.234. The zero-order valence-electron chi connectivity index (χ0n) is 36.5. The maximum atomic E-state index is 14.6. The van der Waals surface area contributed by atoms with Gasteiger partial charge in [0.25, 0.3) is 5.56 Å². The summed E-state index contributed by atoms with van der Waals surface area (Å²) in [6.45, 7) is 9.26. The molecule has 2 aromatic heterocycles. The van der Waals surface area contributed by atoms with E-state index in [1.54, 1.807) is 0 Å². The summed E-state index contributed by atoms with van der Waals surface area (Å²) in [7, 11) is 0. The highest BCUT2D eigenvalue weighted by Gasteiger charge is 2.52. The lowest BCUT2D eigenvalue weighted by atomic mass is 9.77. The maximum absolute atomic E-state index is 14.6. The Morgan fingerprint density at radius 2 is 1.37 bits per heavy atom. The Morgan fingerprint density at radius 3 is 1.98 bits per heavy atom. The average molecular weight is 832 g/mol. The van der Waals surface area contributed by atoms with Gasteiger partial charge >= 0.3 is 0 Å². The van der Waals surface area contributed by atoms with Gasteiger partial charge in [-0.3, -0.25) is 14.2 Å². The van der Waals surface area contributed by atoms with Gasteiger partial charge in [0.15, 0.2) is 5.82 Å². The van der Waals surface area contributed by atoms with Gasteiger partial charge in [-0.15, -0.1) is 5.10 Å². The van der Waals surface area contributed by atoms with Crippen LogP contribution in [0.2, 0.25) is 0 Å². The van der Waals surface area contributed by atoms with E-state index in [1.807, 2.05) is 45.6 Å². The topological polar surface area (TPSA) is 91.0 Å². The van der Waals surface area contributed by atoms with Crippen molar-refractivity contribution < 1.29 is 4.84 Å². The minimum absolute atomic E-state index is 0.00496. The molecule has 2 aliphatic heterocycles. The molecule has 316 valence electrons. The fraction of sp³-hybridized carbons (Fsp3) is 0.278. The Kier molecular flexibility index (Phi) is 10.5. The molecule has 2 saturated heterocycles. The van der Waals surface area contributed by atoms with Crippen LogP contribution < -0.4 is 5.56 Å². The lowest BCUT2D eigenvalue weighted by Gasteiger charge is -2.36. The number of aryl methyl sites for hydroxylation is 1. The number of fused-ring (bicyclic) bond motifs is 2. The van der Waals surface area contributed by atoms with Gasteiger partial charge in [0.1, 0.15) is 17.0 Å². The van der Waals surface area contributed by atoms with E-state index in [-0.39, 0.29) is 11.1 Å².